The van der Waals surface area contributed by atoms with Crippen molar-refractivity contribution in [3.05, 3.63) is 51.8 Å². The summed E-state index contributed by atoms with van der Waals surface area (Å²) in [5.41, 5.74) is 0.117. The van der Waals surface area contributed by atoms with Crippen molar-refractivity contribution in [3.63, 3.8) is 0 Å². The average Bonchev–Trinajstić information content (AvgIpc) is 2.71. The minimum Gasteiger partial charge on any atom is -0.379 e. The molecule has 5 heteroatoms. The number of halogens is 2. The van der Waals surface area contributed by atoms with E-state index in [2.05, 4.69) is 5.10 Å². The van der Waals surface area contributed by atoms with E-state index >= 15 is 0 Å². The van der Waals surface area contributed by atoms with Gasteiger partial charge in [-0.3, -0.25) is 4.68 Å². The Bertz CT molecular complexity index is 547. The van der Waals surface area contributed by atoms with Crippen LogP contribution in [0.1, 0.15) is 25.1 Å². The van der Waals surface area contributed by atoms with Gasteiger partial charge in [0.05, 0.1) is 16.9 Å². The Morgan fingerprint density at radius 1 is 1.28 bits per heavy atom. The zero-order valence-corrected chi connectivity index (χ0v) is 11.7. The van der Waals surface area contributed by atoms with Crippen LogP contribution >= 0.6 is 23.2 Å². The number of hydrogen-bond donors (Lipinski definition) is 1. The van der Waals surface area contributed by atoms with E-state index in [0.717, 1.165) is 5.56 Å². The molecule has 0 fully saturated rings. The second kappa shape index (κ2) is 4.92. The van der Waals surface area contributed by atoms with E-state index in [9.17, 15) is 5.11 Å². The summed E-state index contributed by atoms with van der Waals surface area (Å²) in [7, 11) is 0. The fraction of sp³-hybridized carbons (Fsp3) is 0.308. The summed E-state index contributed by atoms with van der Waals surface area (Å²) in [6, 6.07) is 7.05. The van der Waals surface area contributed by atoms with Gasteiger partial charge in [-0.15, -0.1) is 0 Å². The second-order valence-electron chi connectivity index (χ2n) is 4.24. The summed E-state index contributed by atoms with van der Waals surface area (Å²) in [4.78, 5) is 0. The van der Waals surface area contributed by atoms with Crippen LogP contribution in [0.4, 0.5) is 0 Å². The minimum absolute atomic E-state index is 0.455. The van der Waals surface area contributed by atoms with Gasteiger partial charge in [0.1, 0.15) is 5.60 Å². The lowest BCUT2D eigenvalue weighted by atomic mass is 9.92. The van der Waals surface area contributed by atoms with Crippen LogP contribution in [-0.4, -0.2) is 14.9 Å². The lowest BCUT2D eigenvalue weighted by molar-refractivity contribution is 0.0919. The molecule has 1 heterocycles. The van der Waals surface area contributed by atoms with E-state index in [0.29, 0.717) is 22.3 Å². The quantitative estimate of drug-likeness (QED) is 0.937. The van der Waals surface area contributed by atoms with Crippen LogP contribution in [-0.2, 0) is 12.1 Å². The van der Waals surface area contributed by atoms with Gasteiger partial charge in [0.15, 0.2) is 0 Å². The summed E-state index contributed by atoms with van der Waals surface area (Å²) in [5.74, 6) is 0. The molecule has 0 saturated heterocycles. The molecule has 1 N–H and O–H groups in total. The lowest BCUT2D eigenvalue weighted by Gasteiger charge is -2.25. The Labute approximate surface area is 116 Å². The molecule has 0 radical (unpaired) electrons. The van der Waals surface area contributed by atoms with E-state index in [4.69, 9.17) is 23.2 Å². The predicted octanol–water partition coefficient (Wildman–Crippen LogP) is 3.47. The van der Waals surface area contributed by atoms with Crippen LogP contribution in [0.5, 0.6) is 0 Å². The monoisotopic (exact) mass is 284 g/mol. The van der Waals surface area contributed by atoms with Crippen LogP contribution in [0.2, 0.25) is 10.0 Å². The highest BCUT2D eigenvalue weighted by Crippen LogP contribution is 2.34. The zero-order chi connectivity index (χ0) is 13.3. The smallest absolute Gasteiger partial charge is 0.130 e. The third kappa shape index (κ3) is 2.26. The molecule has 1 unspecified atom stereocenters. The lowest BCUT2D eigenvalue weighted by Crippen LogP contribution is -2.27. The van der Waals surface area contributed by atoms with Gasteiger partial charge in [-0.1, -0.05) is 35.3 Å². The molecule has 0 aliphatic carbocycles. The van der Waals surface area contributed by atoms with E-state index in [1.807, 2.05) is 6.92 Å². The largest absolute Gasteiger partial charge is 0.379 e. The van der Waals surface area contributed by atoms with Crippen LogP contribution < -0.4 is 0 Å². The topological polar surface area (TPSA) is 38.0 Å². The Morgan fingerprint density at radius 3 is 2.44 bits per heavy atom. The maximum Gasteiger partial charge on any atom is 0.130 e. The first-order valence-electron chi connectivity index (χ1n) is 5.67. The van der Waals surface area contributed by atoms with Crippen LogP contribution in [0.3, 0.4) is 0 Å². The molecule has 0 amide bonds. The third-order valence-corrected chi connectivity index (χ3v) is 3.49. The number of aryl methyl sites for hydroxylation is 1. The van der Waals surface area contributed by atoms with E-state index < -0.39 is 5.60 Å². The van der Waals surface area contributed by atoms with Crippen molar-refractivity contribution in [1.29, 1.82) is 0 Å². The van der Waals surface area contributed by atoms with Gasteiger partial charge in [-0.05, 0) is 31.5 Å². The molecule has 2 rings (SSSR count). The Morgan fingerprint density at radius 2 is 1.89 bits per heavy atom. The van der Waals surface area contributed by atoms with Crippen molar-refractivity contribution in [1.82, 2.24) is 9.78 Å². The Hall–Kier alpha value is -1.03. The molecule has 0 bridgehead atoms. The van der Waals surface area contributed by atoms with E-state index in [1.54, 1.807) is 42.1 Å². The van der Waals surface area contributed by atoms with E-state index in [1.165, 1.54) is 0 Å². The van der Waals surface area contributed by atoms with Gasteiger partial charge >= 0.3 is 0 Å². The highest BCUT2D eigenvalue weighted by atomic mass is 35.5. The average molecular weight is 285 g/mol. The number of aromatic nitrogens is 2. The summed E-state index contributed by atoms with van der Waals surface area (Å²) >= 11 is 12.0. The molecule has 1 aromatic carbocycles. The van der Waals surface area contributed by atoms with Gasteiger partial charge in [-0.25, -0.2) is 0 Å². The maximum absolute atomic E-state index is 10.7. The molecule has 0 spiro atoms. The first-order chi connectivity index (χ1) is 8.46. The summed E-state index contributed by atoms with van der Waals surface area (Å²) in [6.45, 7) is 4.29. The molecule has 1 atom stereocenters. The molecule has 0 saturated carbocycles. The summed E-state index contributed by atoms with van der Waals surface area (Å²) < 4.78 is 1.69. The highest BCUT2D eigenvalue weighted by molar-refractivity contribution is 6.31. The third-order valence-electron chi connectivity index (χ3n) is 2.96. The molecule has 1 aromatic heterocycles. The van der Waals surface area contributed by atoms with Crippen LogP contribution in [0.25, 0.3) is 0 Å². The van der Waals surface area contributed by atoms with Crippen molar-refractivity contribution < 1.29 is 5.11 Å². The van der Waals surface area contributed by atoms with Gasteiger partial charge in [0.2, 0.25) is 0 Å². The van der Waals surface area contributed by atoms with Crippen molar-refractivity contribution in [2.24, 2.45) is 0 Å². The number of hydrogen-bond acceptors (Lipinski definition) is 2. The minimum atomic E-state index is -1.20. The van der Waals surface area contributed by atoms with Crippen molar-refractivity contribution in [3.8, 4) is 0 Å². The van der Waals surface area contributed by atoms with Crippen molar-refractivity contribution in [2.75, 3.05) is 0 Å². The number of nitrogens with zero attached hydrogens (tertiary/aromatic N) is 2. The fourth-order valence-corrected chi connectivity index (χ4v) is 2.45. The van der Waals surface area contributed by atoms with Gasteiger partial charge in [0.25, 0.3) is 0 Å². The standard InChI is InChI=1S/C13H14Cl2N2O/c1-3-17-12(11(15)8-16-17)13(2,18)9-4-6-10(14)7-5-9/h4-8,18H,3H2,1-2H3. The predicted molar refractivity (Wildman–Crippen MR) is 73.0 cm³/mol. The number of rotatable bonds is 3. The normalized spacial score (nSPS) is 14.5. The Balaban J connectivity index is 2.53. The highest BCUT2D eigenvalue weighted by Gasteiger charge is 2.31. The summed E-state index contributed by atoms with van der Waals surface area (Å²) in [5, 5.41) is 16.0. The molecule has 3 nitrogen and oxygen atoms in total. The fourth-order valence-electron chi connectivity index (χ4n) is 2.00. The first-order valence-corrected chi connectivity index (χ1v) is 6.42. The van der Waals surface area contributed by atoms with Gasteiger partial charge < -0.3 is 5.11 Å². The van der Waals surface area contributed by atoms with Crippen molar-refractivity contribution in [2.45, 2.75) is 26.0 Å². The Kier molecular flexibility index (Phi) is 3.66. The molecule has 18 heavy (non-hydrogen) atoms. The molecule has 96 valence electrons. The number of benzene rings is 1. The van der Waals surface area contributed by atoms with Crippen molar-refractivity contribution >= 4 is 23.2 Å². The van der Waals surface area contributed by atoms with Gasteiger partial charge in [0, 0.05) is 11.6 Å². The first kappa shape index (κ1) is 13.4. The second-order valence-corrected chi connectivity index (χ2v) is 5.08. The SMILES string of the molecule is CCn1ncc(Cl)c1C(C)(O)c1ccc(Cl)cc1. The van der Waals surface area contributed by atoms with Crippen LogP contribution in [0, 0.1) is 0 Å². The molecule has 0 aliphatic heterocycles. The summed E-state index contributed by atoms with van der Waals surface area (Å²) in [6.07, 6.45) is 1.55. The maximum atomic E-state index is 10.7. The molecular weight excluding hydrogens is 271 g/mol. The van der Waals surface area contributed by atoms with E-state index in [-0.39, 0.29) is 0 Å². The zero-order valence-electron chi connectivity index (χ0n) is 10.2. The van der Waals surface area contributed by atoms with Gasteiger partial charge in [-0.2, -0.15) is 5.10 Å². The molecular formula is C13H14Cl2N2O. The molecule has 2 aromatic rings. The van der Waals surface area contributed by atoms with Crippen LogP contribution in [0.15, 0.2) is 30.5 Å². The molecule has 0 aliphatic rings. The number of aliphatic hydroxyl groups is 1.